The highest BCUT2D eigenvalue weighted by Gasteiger charge is 2.35. The van der Waals surface area contributed by atoms with Crippen LogP contribution in [0.3, 0.4) is 0 Å². The lowest BCUT2D eigenvalue weighted by molar-refractivity contribution is 0.0593. The quantitative estimate of drug-likeness (QED) is 0.145. The van der Waals surface area contributed by atoms with E-state index in [1.54, 1.807) is 0 Å². The first kappa shape index (κ1) is 36.1. The number of rotatable bonds is 8. The smallest absolute Gasteiger partial charge is 0.339 e. The number of hydrogen-bond acceptors (Lipinski definition) is 4. The van der Waals surface area contributed by atoms with Gasteiger partial charge in [0, 0.05) is 0 Å². The SMILES string of the molecule is COC(=O)c1c2cccccc-2cc1-c1c(-c2ccccc2)c(-c2ccccc2)c(-c2ccccc2)c(-c2ccccc2)c1-c1cc2cccccc-2c1C(=O)OC. The van der Waals surface area contributed by atoms with Crippen molar-refractivity contribution in [3.8, 4) is 89.0 Å². The molecule has 5 aromatic carbocycles. The number of carbonyl (C=O) groups excluding carboxylic acids is 2. The summed E-state index contributed by atoms with van der Waals surface area (Å²) in [5.74, 6) is -0.910. The summed E-state index contributed by atoms with van der Waals surface area (Å²) in [6, 6.07) is 65.5. The molecule has 0 saturated heterocycles. The molecule has 58 heavy (non-hydrogen) atoms. The Labute approximate surface area is 338 Å². The van der Waals surface area contributed by atoms with Crippen molar-refractivity contribution in [1.82, 2.24) is 0 Å². The maximum atomic E-state index is 14.4. The van der Waals surface area contributed by atoms with Crippen LogP contribution in [0.25, 0.3) is 89.0 Å². The van der Waals surface area contributed by atoms with Crippen LogP contribution in [0.2, 0.25) is 0 Å². The molecular formula is C54H38O4. The number of fused-ring (bicyclic) bond motifs is 2. The highest BCUT2D eigenvalue weighted by atomic mass is 16.5. The molecular weight excluding hydrogens is 713 g/mol. The highest BCUT2D eigenvalue weighted by molar-refractivity contribution is 6.21. The van der Waals surface area contributed by atoms with E-state index < -0.39 is 11.9 Å². The van der Waals surface area contributed by atoms with Crippen molar-refractivity contribution in [3.05, 3.63) is 205 Å². The molecule has 0 heterocycles. The predicted octanol–water partition coefficient (Wildman–Crippen LogP) is 13.5. The third-order valence-corrected chi connectivity index (χ3v) is 10.9. The number of hydrogen-bond donors (Lipinski definition) is 0. The zero-order chi connectivity index (χ0) is 39.6. The molecule has 0 bridgehead atoms. The second-order valence-corrected chi connectivity index (χ2v) is 14.1. The first-order chi connectivity index (χ1) is 28.6. The summed E-state index contributed by atoms with van der Waals surface area (Å²) in [5, 5.41) is 0. The van der Waals surface area contributed by atoms with Gasteiger partial charge in [0.2, 0.25) is 0 Å². The number of esters is 2. The first-order valence-corrected chi connectivity index (χ1v) is 19.3. The van der Waals surface area contributed by atoms with Crippen molar-refractivity contribution in [2.24, 2.45) is 0 Å². The standard InChI is InChI=1S/C54H38O4/c1-57-53(55)49-41-31-19-7-17-29-39(41)33-43(49)51-47(37-25-13-5-14-26-37)45(35-21-9-3-10-22-35)46(36-23-11-4-12-24-36)48(38-27-15-6-16-28-38)52(51)44-34-40-30-18-8-20-32-42(40)50(44)54(56)58-2/h3-34H,1-2H3. The maximum Gasteiger partial charge on any atom is 0.339 e. The lowest BCUT2D eigenvalue weighted by atomic mass is 9.74. The van der Waals surface area contributed by atoms with Crippen LogP contribution in [-0.4, -0.2) is 26.2 Å². The molecule has 9 rings (SSSR count). The van der Waals surface area contributed by atoms with Crippen molar-refractivity contribution >= 4 is 11.9 Å². The Morgan fingerprint density at radius 3 is 0.810 bits per heavy atom. The van der Waals surface area contributed by atoms with E-state index in [1.807, 2.05) is 109 Å². The third-order valence-electron chi connectivity index (χ3n) is 10.9. The Hall–Kier alpha value is -7.56. The Morgan fingerprint density at radius 2 is 0.534 bits per heavy atom. The molecule has 4 aliphatic rings. The van der Waals surface area contributed by atoms with E-state index in [0.717, 1.165) is 77.9 Å². The molecule has 0 N–H and O–H groups in total. The topological polar surface area (TPSA) is 52.6 Å². The van der Waals surface area contributed by atoms with Crippen molar-refractivity contribution in [3.63, 3.8) is 0 Å². The molecule has 4 aliphatic carbocycles. The molecule has 5 aromatic rings. The Bertz CT molecular complexity index is 2660. The molecule has 0 atom stereocenters. The van der Waals surface area contributed by atoms with Crippen LogP contribution in [0.4, 0.5) is 0 Å². The van der Waals surface area contributed by atoms with Crippen LogP contribution in [-0.2, 0) is 9.47 Å². The summed E-state index contributed by atoms with van der Waals surface area (Å²) in [6.07, 6.45) is 0. The molecule has 0 spiro atoms. The average Bonchev–Trinajstić information content (AvgIpc) is 3.61. The van der Waals surface area contributed by atoms with Crippen molar-refractivity contribution in [2.75, 3.05) is 14.2 Å². The zero-order valence-electron chi connectivity index (χ0n) is 32.1. The van der Waals surface area contributed by atoms with Crippen LogP contribution in [0, 0.1) is 0 Å². The molecule has 4 heteroatoms. The molecule has 4 nitrogen and oxygen atoms in total. The number of ether oxygens (including phenoxy) is 2. The van der Waals surface area contributed by atoms with Gasteiger partial charge in [-0.1, -0.05) is 182 Å². The van der Waals surface area contributed by atoms with E-state index in [1.165, 1.54) is 14.2 Å². The van der Waals surface area contributed by atoms with Gasteiger partial charge in [-0.15, -0.1) is 0 Å². The molecule has 0 aromatic heterocycles. The van der Waals surface area contributed by atoms with Crippen LogP contribution in [0.5, 0.6) is 0 Å². The highest BCUT2D eigenvalue weighted by Crippen LogP contribution is 2.59. The lowest BCUT2D eigenvalue weighted by Gasteiger charge is -2.29. The van der Waals surface area contributed by atoms with Gasteiger partial charge in [0.05, 0.1) is 25.3 Å². The van der Waals surface area contributed by atoms with Crippen molar-refractivity contribution in [2.45, 2.75) is 0 Å². The van der Waals surface area contributed by atoms with Crippen LogP contribution >= 0.6 is 0 Å². The maximum absolute atomic E-state index is 14.4. The van der Waals surface area contributed by atoms with Crippen LogP contribution in [0.1, 0.15) is 20.7 Å². The normalized spacial score (nSPS) is 11.1. The van der Waals surface area contributed by atoms with E-state index >= 15 is 0 Å². The Morgan fingerprint density at radius 1 is 0.293 bits per heavy atom. The van der Waals surface area contributed by atoms with E-state index in [9.17, 15) is 9.59 Å². The van der Waals surface area contributed by atoms with Crippen molar-refractivity contribution < 1.29 is 19.1 Å². The Kier molecular flexibility index (Phi) is 9.66. The largest absolute Gasteiger partial charge is 0.465 e. The van der Waals surface area contributed by atoms with Gasteiger partial charge in [0.15, 0.2) is 0 Å². The minimum atomic E-state index is -0.455. The minimum Gasteiger partial charge on any atom is -0.465 e. The van der Waals surface area contributed by atoms with Gasteiger partial charge >= 0.3 is 11.9 Å². The second kappa shape index (κ2) is 15.5. The minimum absolute atomic E-state index is 0.444. The summed E-state index contributed by atoms with van der Waals surface area (Å²) in [7, 11) is 2.85. The van der Waals surface area contributed by atoms with Gasteiger partial charge in [0.25, 0.3) is 0 Å². The van der Waals surface area contributed by atoms with E-state index in [0.29, 0.717) is 22.3 Å². The number of methoxy groups -OCH3 is 2. The molecule has 0 amide bonds. The van der Waals surface area contributed by atoms with Gasteiger partial charge in [0.1, 0.15) is 0 Å². The fourth-order valence-electron chi connectivity index (χ4n) is 8.48. The zero-order valence-corrected chi connectivity index (χ0v) is 32.1. The molecule has 0 saturated carbocycles. The molecule has 0 unspecified atom stereocenters. The number of benzene rings is 5. The second-order valence-electron chi connectivity index (χ2n) is 14.1. The molecule has 0 radical (unpaired) electrons. The lowest BCUT2D eigenvalue weighted by Crippen LogP contribution is -2.08. The van der Waals surface area contributed by atoms with E-state index in [2.05, 4.69) is 84.9 Å². The first-order valence-electron chi connectivity index (χ1n) is 19.3. The van der Waals surface area contributed by atoms with Gasteiger partial charge in [-0.2, -0.15) is 0 Å². The van der Waals surface area contributed by atoms with Gasteiger partial charge in [-0.3, -0.25) is 0 Å². The predicted molar refractivity (Wildman–Crippen MR) is 235 cm³/mol. The fourth-order valence-corrected chi connectivity index (χ4v) is 8.48. The summed E-state index contributed by atoms with van der Waals surface area (Å²) in [4.78, 5) is 28.8. The van der Waals surface area contributed by atoms with Crippen LogP contribution in [0.15, 0.2) is 194 Å². The average molecular weight is 751 g/mol. The fraction of sp³-hybridized carbons (Fsp3) is 0.0370. The van der Waals surface area contributed by atoms with Gasteiger partial charge in [-0.25, -0.2) is 9.59 Å². The number of carbonyl (C=O) groups is 2. The van der Waals surface area contributed by atoms with Crippen LogP contribution < -0.4 is 0 Å². The van der Waals surface area contributed by atoms with E-state index in [4.69, 9.17) is 9.47 Å². The summed E-state index contributed by atoms with van der Waals surface area (Å²) in [5.41, 5.74) is 14.9. The van der Waals surface area contributed by atoms with Gasteiger partial charge < -0.3 is 9.47 Å². The molecule has 0 aliphatic heterocycles. The monoisotopic (exact) mass is 750 g/mol. The summed E-state index contributed by atoms with van der Waals surface area (Å²) < 4.78 is 11.3. The summed E-state index contributed by atoms with van der Waals surface area (Å²) in [6.45, 7) is 0. The molecule has 0 fully saturated rings. The summed E-state index contributed by atoms with van der Waals surface area (Å²) >= 11 is 0. The Balaban J connectivity index is 1.66. The molecule has 278 valence electrons. The van der Waals surface area contributed by atoms with Gasteiger partial charge in [-0.05, 0) is 101 Å². The van der Waals surface area contributed by atoms with E-state index in [-0.39, 0.29) is 0 Å². The third kappa shape index (κ3) is 6.22. The van der Waals surface area contributed by atoms with Crippen molar-refractivity contribution in [1.29, 1.82) is 0 Å².